The molecule has 0 aromatic carbocycles. The third-order valence-electron chi connectivity index (χ3n) is 3.51. The van der Waals surface area contributed by atoms with Crippen molar-refractivity contribution in [3.63, 3.8) is 0 Å². The Balaban J connectivity index is 2.58. The van der Waals surface area contributed by atoms with E-state index in [-0.39, 0.29) is 0 Å². The van der Waals surface area contributed by atoms with E-state index in [1.807, 2.05) is 0 Å². The highest BCUT2D eigenvalue weighted by Crippen LogP contribution is 2.28. The Morgan fingerprint density at radius 1 is 1.40 bits per heavy atom. The summed E-state index contributed by atoms with van der Waals surface area (Å²) in [6.45, 7) is 5.69. The standard InChI is InChI=1S/C12H23NO2/c1-4-9-7-5-6-8-10(9)13-12(2,3)11(14)15/h9-10,13H,4-8H2,1-3H3,(H,14,15). The van der Waals surface area contributed by atoms with Crippen LogP contribution in [0.5, 0.6) is 0 Å². The maximum atomic E-state index is 11.0. The topological polar surface area (TPSA) is 49.3 Å². The average molecular weight is 213 g/mol. The molecule has 1 aliphatic rings. The van der Waals surface area contributed by atoms with Crippen LogP contribution in [0.1, 0.15) is 52.9 Å². The lowest BCUT2D eigenvalue weighted by Gasteiger charge is -2.36. The molecule has 15 heavy (non-hydrogen) atoms. The van der Waals surface area contributed by atoms with Crippen LogP contribution in [-0.2, 0) is 4.79 Å². The van der Waals surface area contributed by atoms with E-state index in [0.717, 1.165) is 12.8 Å². The number of nitrogens with one attached hydrogen (secondary N) is 1. The Bertz CT molecular complexity index is 226. The minimum atomic E-state index is -0.796. The molecule has 0 radical (unpaired) electrons. The van der Waals surface area contributed by atoms with E-state index in [2.05, 4.69) is 12.2 Å². The van der Waals surface area contributed by atoms with Gasteiger partial charge in [0.1, 0.15) is 5.54 Å². The van der Waals surface area contributed by atoms with Crippen molar-refractivity contribution in [2.24, 2.45) is 5.92 Å². The first-order valence-electron chi connectivity index (χ1n) is 5.98. The molecule has 2 atom stereocenters. The van der Waals surface area contributed by atoms with Crippen LogP contribution in [0.3, 0.4) is 0 Å². The average Bonchev–Trinajstić information content (AvgIpc) is 2.18. The van der Waals surface area contributed by atoms with Crippen LogP contribution >= 0.6 is 0 Å². The van der Waals surface area contributed by atoms with Crippen molar-refractivity contribution < 1.29 is 9.90 Å². The third kappa shape index (κ3) is 3.20. The summed E-state index contributed by atoms with van der Waals surface area (Å²) in [5.74, 6) is -0.111. The molecular formula is C12H23NO2. The molecule has 0 aliphatic heterocycles. The normalized spacial score (nSPS) is 27.7. The molecule has 88 valence electrons. The van der Waals surface area contributed by atoms with Gasteiger partial charge in [-0.3, -0.25) is 10.1 Å². The number of rotatable bonds is 4. The predicted molar refractivity (Wildman–Crippen MR) is 60.9 cm³/mol. The van der Waals surface area contributed by atoms with E-state index in [0.29, 0.717) is 12.0 Å². The highest BCUT2D eigenvalue weighted by Gasteiger charge is 2.33. The zero-order chi connectivity index (χ0) is 11.5. The van der Waals surface area contributed by atoms with Gasteiger partial charge < -0.3 is 5.11 Å². The van der Waals surface area contributed by atoms with Crippen LogP contribution in [0.15, 0.2) is 0 Å². The maximum Gasteiger partial charge on any atom is 0.323 e. The Kier molecular flexibility index (Phi) is 4.14. The van der Waals surface area contributed by atoms with E-state index >= 15 is 0 Å². The van der Waals surface area contributed by atoms with Gasteiger partial charge in [-0.2, -0.15) is 0 Å². The zero-order valence-electron chi connectivity index (χ0n) is 10.0. The smallest absolute Gasteiger partial charge is 0.323 e. The van der Waals surface area contributed by atoms with Crippen LogP contribution in [0.4, 0.5) is 0 Å². The van der Waals surface area contributed by atoms with Gasteiger partial charge in [0.25, 0.3) is 0 Å². The predicted octanol–water partition coefficient (Wildman–Crippen LogP) is 2.41. The summed E-state index contributed by atoms with van der Waals surface area (Å²) in [7, 11) is 0. The summed E-state index contributed by atoms with van der Waals surface area (Å²) >= 11 is 0. The number of hydrogen-bond donors (Lipinski definition) is 2. The minimum absolute atomic E-state index is 0.384. The molecule has 0 saturated heterocycles. The molecule has 1 aliphatic carbocycles. The summed E-state index contributed by atoms with van der Waals surface area (Å²) in [6.07, 6.45) is 6.03. The summed E-state index contributed by atoms with van der Waals surface area (Å²) in [5.41, 5.74) is -0.796. The Morgan fingerprint density at radius 2 is 2.00 bits per heavy atom. The van der Waals surface area contributed by atoms with E-state index in [9.17, 15) is 4.79 Å². The molecule has 0 spiro atoms. The molecule has 1 fully saturated rings. The highest BCUT2D eigenvalue weighted by molar-refractivity contribution is 5.77. The van der Waals surface area contributed by atoms with Gasteiger partial charge in [-0.15, -0.1) is 0 Å². The van der Waals surface area contributed by atoms with Gasteiger partial charge in [-0.05, 0) is 32.6 Å². The quantitative estimate of drug-likeness (QED) is 0.754. The van der Waals surface area contributed by atoms with Gasteiger partial charge in [0.2, 0.25) is 0 Å². The number of carboxylic acid groups (broad SMARTS) is 1. The second-order valence-corrected chi connectivity index (χ2v) is 5.13. The first-order valence-corrected chi connectivity index (χ1v) is 5.98. The molecule has 2 unspecified atom stereocenters. The highest BCUT2D eigenvalue weighted by atomic mass is 16.4. The monoisotopic (exact) mass is 213 g/mol. The molecular weight excluding hydrogens is 190 g/mol. The van der Waals surface area contributed by atoms with Gasteiger partial charge in [0.15, 0.2) is 0 Å². The zero-order valence-corrected chi connectivity index (χ0v) is 10.0. The Morgan fingerprint density at radius 3 is 2.53 bits per heavy atom. The van der Waals surface area contributed by atoms with Crippen LogP contribution in [0, 0.1) is 5.92 Å². The lowest BCUT2D eigenvalue weighted by Crippen LogP contribution is -2.54. The SMILES string of the molecule is CCC1CCCCC1NC(C)(C)C(=O)O. The van der Waals surface area contributed by atoms with E-state index in [1.54, 1.807) is 13.8 Å². The number of hydrogen-bond acceptors (Lipinski definition) is 2. The molecule has 1 saturated carbocycles. The molecule has 2 N–H and O–H groups in total. The fraction of sp³-hybridized carbons (Fsp3) is 0.917. The fourth-order valence-electron chi connectivity index (χ4n) is 2.41. The molecule has 0 bridgehead atoms. The summed E-state index contributed by atoms with van der Waals surface area (Å²) in [5, 5.41) is 12.4. The second kappa shape index (κ2) is 4.97. The summed E-state index contributed by atoms with van der Waals surface area (Å²) < 4.78 is 0. The summed E-state index contributed by atoms with van der Waals surface area (Å²) in [6, 6.07) is 0.384. The van der Waals surface area contributed by atoms with Gasteiger partial charge in [-0.25, -0.2) is 0 Å². The Hall–Kier alpha value is -0.570. The number of carboxylic acids is 1. The van der Waals surface area contributed by atoms with Crippen molar-refractivity contribution in [2.75, 3.05) is 0 Å². The maximum absolute atomic E-state index is 11.0. The van der Waals surface area contributed by atoms with Crippen molar-refractivity contribution >= 4 is 5.97 Å². The van der Waals surface area contributed by atoms with Crippen molar-refractivity contribution in [2.45, 2.75) is 64.5 Å². The fourth-order valence-corrected chi connectivity index (χ4v) is 2.41. The van der Waals surface area contributed by atoms with Crippen LogP contribution in [0.25, 0.3) is 0 Å². The minimum Gasteiger partial charge on any atom is -0.480 e. The van der Waals surface area contributed by atoms with E-state index in [1.165, 1.54) is 19.3 Å². The van der Waals surface area contributed by atoms with Gasteiger partial charge >= 0.3 is 5.97 Å². The molecule has 3 nitrogen and oxygen atoms in total. The van der Waals surface area contributed by atoms with Crippen LogP contribution in [-0.4, -0.2) is 22.7 Å². The van der Waals surface area contributed by atoms with Crippen molar-refractivity contribution in [3.8, 4) is 0 Å². The second-order valence-electron chi connectivity index (χ2n) is 5.13. The van der Waals surface area contributed by atoms with Crippen molar-refractivity contribution in [3.05, 3.63) is 0 Å². The largest absolute Gasteiger partial charge is 0.480 e. The molecule has 0 amide bonds. The molecule has 0 aromatic rings. The molecule has 0 aromatic heterocycles. The first kappa shape index (κ1) is 12.5. The van der Waals surface area contributed by atoms with Crippen molar-refractivity contribution in [1.29, 1.82) is 0 Å². The number of aliphatic carboxylic acids is 1. The molecule has 0 heterocycles. The number of carbonyl (C=O) groups is 1. The van der Waals surface area contributed by atoms with Gasteiger partial charge in [0, 0.05) is 6.04 Å². The summed E-state index contributed by atoms with van der Waals surface area (Å²) in [4.78, 5) is 11.0. The van der Waals surface area contributed by atoms with Gasteiger partial charge in [0.05, 0.1) is 0 Å². The molecule has 1 rings (SSSR count). The van der Waals surface area contributed by atoms with E-state index in [4.69, 9.17) is 5.11 Å². The van der Waals surface area contributed by atoms with E-state index < -0.39 is 11.5 Å². The molecule has 3 heteroatoms. The Labute approximate surface area is 92.3 Å². The first-order chi connectivity index (χ1) is 6.97. The lowest BCUT2D eigenvalue weighted by atomic mass is 9.81. The van der Waals surface area contributed by atoms with Crippen LogP contribution in [0.2, 0.25) is 0 Å². The lowest BCUT2D eigenvalue weighted by molar-refractivity contribution is -0.144. The van der Waals surface area contributed by atoms with Crippen LogP contribution < -0.4 is 5.32 Å². The van der Waals surface area contributed by atoms with Crippen molar-refractivity contribution in [1.82, 2.24) is 5.32 Å². The van der Waals surface area contributed by atoms with Gasteiger partial charge in [-0.1, -0.05) is 26.2 Å². The third-order valence-corrected chi connectivity index (χ3v) is 3.51.